The van der Waals surface area contributed by atoms with Crippen LogP contribution in [0.15, 0.2) is 65.5 Å². The first kappa shape index (κ1) is 35.0. The van der Waals surface area contributed by atoms with Crippen LogP contribution in [0.25, 0.3) is 11.1 Å². The molecule has 0 saturated carbocycles. The standard InChI is InChI=1S/C18H32O.C15H12ClN5OS/c1-8-14(4)13-16(15(5)9-2)11-12-17(10-3)18(6,7)19;1-8-5-11(10-3-4-17-13(16)6-10)12(7-18-8)14(22)19-15-21-20-9(2)23-15/h10-12,14,19H,8-9,13H2,1-7H3;3-7H,1-2H3,(H,19,21,22)/b12-11-,16-15?,17-10+;. The van der Waals surface area contributed by atoms with Crippen molar-refractivity contribution in [2.45, 2.75) is 87.2 Å². The zero-order valence-corrected chi connectivity index (χ0v) is 27.8. The van der Waals surface area contributed by atoms with Crippen LogP contribution in [-0.2, 0) is 0 Å². The average Bonchev–Trinajstić information content (AvgIpc) is 3.35. The van der Waals surface area contributed by atoms with E-state index >= 15 is 0 Å². The van der Waals surface area contributed by atoms with Gasteiger partial charge in [-0.25, -0.2) is 4.98 Å². The van der Waals surface area contributed by atoms with Gasteiger partial charge in [-0.05, 0) is 101 Å². The minimum absolute atomic E-state index is 0.295. The molecule has 1 unspecified atom stereocenters. The fourth-order valence-corrected chi connectivity index (χ4v) is 4.80. The summed E-state index contributed by atoms with van der Waals surface area (Å²) in [5.74, 6) is 0.411. The molecule has 0 bridgehead atoms. The Morgan fingerprint density at radius 1 is 1.17 bits per heavy atom. The minimum atomic E-state index is -0.771. The van der Waals surface area contributed by atoms with E-state index in [1.165, 1.54) is 28.9 Å². The van der Waals surface area contributed by atoms with Crippen LogP contribution in [0.3, 0.4) is 0 Å². The van der Waals surface area contributed by atoms with Crippen molar-refractivity contribution < 1.29 is 9.90 Å². The van der Waals surface area contributed by atoms with E-state index < -0.39 is 5.60 Å². The summed E-state index contributed by atoms with van der Waals surface area (Å²) in [6.45, 7) is 18.3. The van der Waals surface area contributed by atoms with E-state index in [-0.39, 0.29) is 5.91 Å². The van der Waals surface area contributed by atoms with E-state index in [1.54, 1.807) is 24.5 Å². The molecule has 0 saturated heterocycles. The Labute approximate surface area is 259 Å². The lowest BCUT2D eigenvalue weighted by Crippen LogP contribution is -2.20. The SMILES string of the molecule is C/C=C(\C=C/C(CC(C)CC)=C(C)CC)C(C)(C)O.Cc1cc(-c2ccnc(Cl)c2)c(C(=O)Nc2nnc(C)s2)cn1. The van der Waals surface area contributed by atoms with Gasteiger partial charge < -0.3 is 5.11 Å². The second-order valence-electron chi connectivity index (χ2n) is 10.8. The maximum Gasteiger partial charge on any atom is 0.259 e. The number of hydrogen-bond acceptors (Lipinski definition) is 7. The molecule has 9 heteroatoms. The summed E-state index contributed by atoms with van der Waals surface area (Å²) in [5.41, 5.74) is 5.84. The van der Waals surface area contributed by atoms with Crippen molar-refractivity contribution in [2.24, 2.45) is 5.92 Å². The van der Waals surface area contributed by atoms with Gasteiger partial charge in [0, 0.05) is 18.1 Å². The van der Waals surface area contributed by atoms with Crippen molar-refractivity contribution in [3.63, 3.8) is 0 Å². The molecule has 0 aliphatic heterocycles. The number of anilines is 1. The number of nitrogens with zero attached hydrogens (tertiary/aromatic N) is 4. The van der Waals surface area contributed by atoms with Crippen LogP contribution in [-0.4, -0.2) is 36.8 Å². The lowest BCUT2D eigenvalue weighted by atomic mass is 9.92. The topological polar surface area (TPSA) is 101 Å². The normalized spacial score (nSPS) is 13.4. The van der Waals surface area contributed by atoms with Gasteiger partial charge in [0.2, 0.25) is 5.13 Å². The molecule has 3 aromatic rings. The molecule has 1 amide bonds. The number of nitrogens with one attached hydrogen (secondary N) is 1. The van der Waals surface area contributed by atoms with E-state index in [9.17, 15) is 9.90 Å². The lowest BCUT2D eigenvalue weighted by Gasteiger charge is -2.19. The third-order valence-electron chi connectivity index (χ3n) is 6.89. The smallest absolute Gasteiger partial charge is 0.259 e. The Hall–Kier alpha value is -3.20. The predicted octanol–water partition coefficient (Wildman–Crippen LogP) is 8.94. The average molecular weight is 610 g/mol. The van der Waals surface area contributed by atoms with Crippen molar-refractivity contribution in [3.05, 3.63) is 87.0 Å². The van der Waals surface area contributed by atoms with E-state index in [2.05, 4.69) is 65.3 Å². The minimum Gasteiger partial charge on any atom is -0.386 e. The fourth-order valence-electron chi connectivity index (χ4n) is 4.04. The van der Waals surface area contributed by atoms with Gasteiger partial charge in [-0.15, -0.1) is 10.2 Å². The number of rotatable bonds is 10. The van der Waals surface area contributed by atoms with E-state index in [0.717, 1.165) is 40.2 Å². The third-order valence-corrected chi connectivity index (χ3v) is 7.86. The van der Waals surface area contributed by atoms with Crippen LogP contribution >= 0.6 is 22.9 Å². The number of carbonyl (C=O) groups excluding carboxylic acids is 1. The molecule has 42 heavy (non-hydrogen) atoms. The summed E-state index contributed by atoms with van der Waals surface area (Å²) in [6.07, 6.45) is 12.8. The maximum atomic E-state index is 12.6. The molecule has 0 aliphatic carbocycles. The number of carbonyl (C=O) groups is 1. The number of aromatic nitrogens is 4. The summed E-state index contributed by atoms with van der Waals surface area (Å²) in [6, 6.07) is 5.35. The highest BCUT2D eigenvalue weighted by Crippen LogP contribution is 2.27. The molecule has 7 nitrogen and oxygen atoms in total. The predicted molar refractivity (Wildman–Crippen MR) is 176 cm³/mol. The molecule has 1 atom stereocenters. The zero-order valence-electron chi connectivity index (χ0n) is 26.2. The van der Waals surface area contributed by atoms with Crippen LogP contribution in [0.4, 0.5) is 5.13 Å². The van der Waals surface area contributed by atoms with Crippen molar-refractivity contribution in [1.82, 2.24) is 20.2 Å². The molecule has 2 N–H and O–H groups in total. The molecule has 3 heterocycles. The second-order valence-corrected chi connectivity index (χ2v) is 12.4. The Bertz CT molecular complexity index is 1440. The van der Waals surface area contributed by atoms with Crippen LogP contribution < -0.4 is 5.32 Å². The van der Waals surface area contributed by atoms with Gasteiger partial charge in [0.15, 0.2) is 0 Å². The van der Waals surface area contributed by atoms with Crippen molar-refractivity contribution in [2.75, 3.05) is 5.32 Å². The van der Waals surface area contributed by atoms with Crippen LogP contribution in [0.5, 0.6) is 0 Å². The summed E-state index contributed by atoms with van der Waals surface area (Å²) in [4.78, 5) is 20.7. The largest absolute Gasteiger partial charge is 0.386 e. The summed E-state index contributed by atoms with van der Waals surface area (Å²) in [7, 11) is 0. The van der Waals surface area contributed by atoms with Gasteiger partial charge in [-0.2, -0.15) is 0 Å². The van der Waals surface area contributed by atoms with Crippen LogP contribution in [0, 0.1) is 19.8 Å². The van der Waals surface area contributed by atoms with Crippen molar-refractivity contribution in [3.8, 4) is 11.1 Å². The number of aliphatic hydroxyl groups is 1. The number of allylic oxidation sites excluding steroid dienone is 4. The van der Waals surface area contributed by atoms with Crippen LogP contribution in [0.1, 0.15) is 88.8 Å². The number of halogens is 1. The van der Waals surface area contributed by atoms with E-state index in [4.69, 9.17) is 11.6 Å². The molecule has 0 aromatic carbocycles. The summed E-state index contributed by atoms with van der Waals surface area (Å²) in [5, 5.41) is 22.2. The highest BCUT2D eigenvalue weighted by Gasteiger charge is 2.17. The van der Waals surface area contributed by atoms with E-state index in [0.29, 0.717) is 21.8 Å². The molecular weight excluding hydrogens is 566 g/mol. The van der Waals surface area contributed by atoms with Gasteiger partial charge in [0.1, 0.15) is 10.2 Å². The molecule has 0 aliphatic rings. The van der Waals surface area contributed by atoms with Gasteiger partial charge in [0.25, 0.3) is 5.91 Å². The van der Waals surface area contributed by atoms with Gasteiger partial charge in [0.05, 0.1) is 11.2 Å². The monoisotopic (exact) mass is 609 g/mol. The van der Waals surface area contributed by atoms with Gasteiger partial charge >= 0.3 is 0 Å². The Balaban J connectivity index is 0.000000301. The zero-order chi connectivity index (χ0) is 31.4. The quantitative estimate of drug-likeness (QED) is 0.176. The molecule has 3 aromatic heterocycles. The van der Waals surface area contributed by atoms with Crippen LogP contribution in [0.2, 0.25) is 5.15 Å². The maximum absolute atomic E-state index is 12.6. The van der Waals surface area contributed by atoms with E-state index in [1.807, 2.05) is 46.8 Å². The first-order valence-electron chi connectivity index (χ1n) is 14.2. The highest BCUT2D eigenvalue weighted by molar-refractivity contribution is 7.15. The number of aryl methyl sites for hydroxylation is 2. The summed E-state index contributed by atoms with van der Waals surface area (Å²) < 4.78 is 0. The Morgan fingerprint density at radius 2 is 1.88 bits per heavy atom. The number of amides is 1. The Kier molecular flexibility index (Phi) is 13.7. The van der Waals surface area contributed by atoms with Gasteiger partial charge in [-0.1, -0.05) is 73.9 Å². The molecular formula is C33H44ClN5O2S. The lowest BCUT2D eigenvalue weighted by molar-refractivity contribution is 0.102. The number of hydrogen-bond donors (Lipinski definition) is 2. The highest BCUT2D eigenvalue weighted by atomic mass is 35.5. The molecule has 226 valence electrons. The first-order valence-corrected chi connectivity index (χ1v) is 15.4. The van der Waals surface area contributed by atoms with Gasteiger partial charge in [-0.3, -0.25) is 15.1 Å². The summed E-state index contributed by atoms with van der Waals surface area (Å²) >= 11 is 7.27. The fraction of sp³-hybridized carbons (Fsp3) is 0.424. The van der Waals surface area contributed by atoms with Crippen molar-refractivity contribution in [1.29, 1.82) is 0 Å². The Morgan fingerprint density at radius 3 is 2.43 bits per heavy atom. The molecule has 0 radical (unpaired) electrons. The number of pyridine rings is 2. The second kappa shape index (κ2) is 16.4. The molecule has 3 rings (SSSR count). The van der Waals surface area contributed by atoms with Crippen molar-refractivity contribution >= 4 is 34.0 Å². The third kappa shape index (κ3) is 10.9. The molecule has 0 fully saturated rings. The first-order chi connectivity index (χ1) is 19.8. The molecule has 0 spiro atoms.